The Morgan fingerprint density at radius 1 is 1.38 bits per heavy atom. The van der Waals surface area contributed by atoms with Crippen molar-refractivity contribution < 1.29 is 14.5 Å². The molecule has 1 amide bonds. The van der Waals surface area contributed by atoms with Crippen molar-refractivity contribution in [2.24, 2.45) is 11.7 Å². The molecule has 1 saturated carbocycles. The predicted octanol–water partition coefficient (Wildman–Crippen LogP) is 2.06. The summed E-state index contributed by atoms with van der Waals surface area (Å²) in [6, 6.07) is 4.31. The van der Waals surface area contributed by atoms with Gasteiger partial charge >= 0.3 is 0 Å². The number of rotatable bonds is 4. The Balaban J connectivity index is 2.08. The summed E-state index contributed by atoms with van der Waals surface area (Å²) >= 11 is 0. The molecule has 1 aromatic carbocycles. The van der Waals surface area contributed by atoms with E-state index in [4.69, 9.17) is 10.5 Å². The quantitative estimate of drug-likeness (QED) is 0.652. The zero-order valence-electron chi connectivity index (χ0n) is 11.9. The summed E-state index contributed by atoms with van der Waals surface area (Å²) in [5, 5.41) is 13.5. The van der Waals surface area contributed by atoms with Crippen molar-refractivity contribution in [1.82, 2.24) is 0 Å². The molecule has 0 radical (unpaired) electrons. The molecule has 114 valence electrons. The summed E-state index contributed by atoms with van der Waals surface area (Å²) in [5.74, 6) is 0.129. The first-order valence-electron chi connectivity index (χ1n) is 6.90. The number of nitrogens with zero attached hydrogens (tertiary/aromatic N) is 1. The second-order valence-corrected chi connectivity index (χ2v) is 5.24. The fourth-order valence-electron chi connectivity index (χ4n) is 2.51. The highest BCUT2D eigenvalue weighted by Crippen LogP contribution is 2.31. The van der Waals surface area contributed by atoms with Crippen LogP contribution in [0, 0.1) is 16.0 Å². The van der Waals surface area contributed by atoms with Gasteiger partial charge in [0.2, 0.25) is 5.91 Å². The number of nitro groups is 1. The molecule has 7 heteroatoms. The Hall–Kier alpha value is -2.15. The number of hydrogen-bond donors (Lipinski definition) is 2. The van der Waals surface area contributed by atoms with Crippen LogP contribution in [0.5, 0.6) is 5.75 Å². The normalized spacial score (nSPS) is 21.6. The van der Waals surface area contributed by atoms with Gasteiger partial charge < -0.3 is 15.8 Å². The maximum atomic E-state index is 12.2. The molecule has 1 aromatic rings. The number of nitrogens with two attached hydrogens (primary N) is 1. The summed E-state index contributed by atoms with van der Waals surface area (Å²) in [6.45, 7) is 0. The molecule has 21 heavy (non-hydrogen) atoms. The molecule has 1 aliphatic carbocycles. The molecule has 0 bridgehead atoms. The monoisotopic (exact) mass is 293 g/mol. The van der Waals surface area contributed by atoms with Crippen LogP contribution in [-0.4, -0.2) is 24.0 Å². The third kappa shape index (κ3) is 3.69. The van der Waals surface area contributed by atoms with Crippen molar-refractivity contribution in [2.75, 3.05) is 12.4 Å². The van der Waals surface area contributed by atoms with E-state index in [1.54, 1.807) is 0 Å². The summed E-state index contributed by atoms with van der Waals surface area (Å²) in [4.78, 5) is 22.4. The smallest absolute Gasteiger partial charge is 0.273 e. The topological polar surface area (TPSA) is 107 Å². The maximum Gasteiger partial charge on any atom is 0.273 e. The average molecular weight is 293 g/mol. The summed E-state index contributed by atoms with van der Waals surface area (Å²) in [7, 11) is 1.41. The number of benzene rings is 1. The van der Waals surface area contributed by atoms with Gasteiger partial charge in [0.05, 0.1) is 23.8 Å². The minimum Gasteiger partial charge on any atom is -0.494 e. The molecule has 0 heterocycles. The van der Waals surface area contributed by atoms with Crippen molar-refractivity contribution in [2.45, 2.75) is 31.7 Å². The van der Waals surface area contributed by atoms with E-state index in [9.17, 15) is 14.9 Å². The first-order valence-corrected chi connectivity index (χ1v) is 6.90. The van der Waals surface area contributed by atoms with E-state index >= 15 is 0 Å². The lowest BCUT2D eigenvalue weighted by molar-refractivity contribution is -0.384. The van der Waals surface area contributed by atoms with Gasteiger partial charge in [0.25, 0.3) is 5.69 Å². The Morgan fingerprint density at radius 3 is 2.62 bits per heavy atom. The van der Waals surface area contributed by atoms with Gasteiger partial charge in [-0.2, -0.15) is 0 Å². The molecule has 0 atom stereocenters. The first kappa shape index (κ1) is 15.2. The third-order valence-corrected chi connectivity index (χ3v) is 3.80. The van der Waals surface area contributed by atoms with Crippen LogP contribution < -0.4 is 15.8 Å². The van der Waals surface area contributed by atoms with Gasteiger partial charge in [-0.25, -0.2) is 0 Å². The fraction of sp³-hybridized carbons (Fsp3) is 0.500. The van der Waals surface area contributed by atoms with Gasteiger partial charge in [-0.1, -0.05) is 0 Å². The minimum absolute atomic E-state index is 0.0651. The van der Waals surface area contributed by atoms with E-state index in [1.165, 1.54) is 25.3 Å². The average Bonchev–Trinajstić information content (AvgIpc) is 2.48. The van der Waals surface area contributed by atoms with Gasteiger partial charge in [-0.3, -0.25) is 14.9 Å². The number of amides is 1. The Labute approximate surface area is 122 Å². The van der Waals surface area contributed by atoms with E-state index in [0.717, 1.165) is 25.7 Å². The molecule has 0 saturated heterocycles. The summed E-state index contributed by atoms with van der Waals surface area (Å²) in [6.07, 6.45) is 3.22. The second kappa shape index (κ2) is 6.53. The van der Waals surface area contributed by atoms with Crippen LogP contribution in [0.2, 0.25) is 0 Å². The Morgan fingerprint density at radius 2 is 2.05 bits per heavy atom. The zero-order valence-corrected chi connectivity index (χ0v) is 11.9. The van der Waals surface area contributed by atoms with Crippen molar-refractivity contribution in [3.63, 3.8) is 0 Å². The number of hydrogen-bond acceptors (Lipinski definition) is 5. The van der Waals surface area contributed by atoms with Gasteiger partial charge in [-0.05, 0) is 31.7 Å². The molecule has 0 aliphatic heterocycles. The summed E-state index contributed by atoms with van der Waals surface area (Å²) in [5.41, 5.74) is 6.20. The maximum absolute atomic E-state index is 12.2. The molecular weight excluding hydrogens is 274 g/mol. The number of anilines is 1. The molecular formula is C14H19N3O4. The van der Waals surface area contributed by atoms with Crippen LogP contribution >= 0.6 is 0 Å². The predicted molar refractivity (Wildman–Crippen MR) is 78.2 cm³/mol. The molecule has 7 nitrogen and oxygen atoms in total. The van der Waals surface area contributed by atoms with Gasteiger partial charge in [-0.15, -0.1) is 0 Å². The van der Waals surface area contributed by atoms with E-state index in [0.29, 0.717) is 5.69 Å². The molecule has 2 rings (SSSR count). The number of non-ortho nitro benzene ring substituents is 1. The van der Waals surface area contributed by atoms with Crippen LogP contribution in [0.1, 0.15) is 25.7 Å². The van der Waals surface area contributed by atoms with Crippen molar-refractivity contribution in [3.8, 4) is 5.75 Å². The zero-order chi connectivity index (χ0) is 15.4. The van der Waals surface area contributed by atoms with E-state index in [-0.39, 0.29) is 29.3 Å². The van der Waals surface area contributed by atoms with Crippen LogP contribution in [0.25, 0.3) is 0 Å². The number of nitrogens with one attached hydrogen (secondary N) is 1. The number of nitro benzene ring substituents is 1. The first-order chi connectivity index (χ1) is 10.0. The van der Waals surface area contributed by atoms with Crippen molar-refractivity contribution >= 4 is 17.3 Å². The number of ether oxygens (including phenoxy) is 1. The highest BCUT2D eigenvalue weighted by molar-refractivity contribution is 5.94. The molecule has 0 aromatic heterocycles. The van der Waals surface area contributed by atoms with Crippen LogP contribution in [-0.2, 0) is 4.79 Å². The highest BCUT2D eigenvalue weighted by atomic mass is 16.6. The Kier molecular flexibility index (Phi) is 4.74. The number of carbonyl (C=O) groups excluding carboxylic acids is 1. The lowest BCUT2D eigenvalue weighted by atomic mass is 9.86. The fourth-order valence-corrected chi connectivity index (χ4v) is 2.51. The van der Waals surface area contributed by atoms with Gasteiger partial charge in [0.1, 0.15) is 5.75 Å². The standard InChI is InChI=1S/C14H19N3O4/c1-21-13-8-11(17(19)20)6-7-12(13)16-14(18)9-2-4-10(15)5-3-9/h6-10H,2-5,15H2,1H3,(H,16,18). The van der Waals surface area contributed by atoms with Crippen LogP contribution in [0.4, 0.5) is 11.4 Å². The van der Waals surface area contributed by atoms with Crippen LogP contribution in [0.3, 0.4) is 0 Å². The lowest BCUT2D eigenvalue weighted by Gasteiger charge is -2.25. The van der Waals surface area contributed by atoms with Gasteiger partial charge in [0, 0.05) is 18.0 Å². The SMILES string of the molecule is COc1cc([N+](=O)[O-])ccc1NC(=O)C1CCC(N)CC1. The number of carbonyl (C=O) groups is 1. The van der Waals surface area contributed by atoms with E-state index in [1.807, 2.05) is 0 Å². The molecule has 1 fully saturated rings. The Bertz CT molecular complexity index is 539. The largest absolute Gasteiger partial charge is 0.494 e. The third-order valence-electron chi connectivity index (χ3n) is 3.80. The summed E-state index contributed by atoms with van der Waals surface area (Å²) < 4.78 is 5.10. The molecule has 0 unspecified atom stereocenters. The van der Waals surface area contributed by atoms with Crippen LogP contribution in [0.15, 0.2) is 18.2 Å². The molecule has 0 spiro atoms. The van der Waals surface area contributed by atoms with Gasteiger partial charge in [0.15, 0.2) is 0 Å². The van der Waals surface area contributed by atoms with E-state index < -0.39 is 4.92 Å². The van der Waals surface area contributed by atoms with E-state index in [2.05, 4.69) is 5.32 Å². The molecule has 1 aliphatic rings. The lowest BCUT2D eigenvalue weighted by Crippen LogP contribution is -2.32. The highest BCUT2D eigenvalue weighted by Gasteiger charge is 2.25. The van der Waals surface area contributed by atoms with Crippen molar-refractivity contribution in [3.05, 3.63) is 28.3 Å². The van der Waals surface area contributed by atoms with Crippen molar-refractivity contribution in [1.29, 1.82) is 0 Å². The second-order valence-electron chi connectivity index (χ2n) is 5.24. The minimum atomic E-state index is -0.503. The number of methoxy groups -OCH3 is 1. The molecule has 3 N–H and O–H groups in total.